The second-order valence-corrected chi connectivity index (χ2v) is 5.16. The number of urea groups is 1. The van der Waals surface area contributed by atoms with Crippen LogP contribution in [0.5, 0.6) is 0 Å². The number of carboxylic acids is 1. The second kappa shape index (κ2) is 7.33. The van der Waals surface area contributed by atoms with Gasteiger partial charge < -0.3 is 19.8 Å². The zero-order valence-corrected chi connectivity index (χ0v) is 12.1. The molecule has 1 saturated heterocycles. The van der Waals surface area contributed by atoms with E-state index in [1.165, 1.54) is 0 Å². The number of carbonyl (C=O) groups is 2. The van der Waals surface area contributed by atoms with Crippen LogP contribution < -0.4 is 0 Å². The lowest BCUT2D eigenvalue weighted by atomic mass is 10.3. The summed E-state index contributed by atoms with van der Waals surface area (Å²) < 4.78 is 0. The maximum Gasteiger partial charge on any atom is 0.320 e. The van der Waals surface area contributed by atoms with Crippen molar-refractivity contribution in [1.82, 2.24) is 14.7 Å². The van der Waals surface area contributed by atoms with Gasteiger partial charge in [-0.25, -0.2) is 4.79 Å². The Bertz CT molecular complexity index is 322. The smallest absolute Gasteiger partial charge is 0.320 e. The van der Waals surface area contributed by atoms with E-state index in [9.17, 15) is 9.59 Å². The van der Waals surface area contributed by atoms with Crippen molar-refractivity contribution in [3.8, 4) is 0 Å². The maximum absolute atomic E-state index is 12.5. The highest BCUT2D eigenvalue weighted by Crippen LogP contribution is 2.12. The molecule has 0 radical (unpaired) electrons. The number of amides is 2. The minimum atomic E-state index is -0.866. The molecule has 110 valence electrons. The Kier molecular flexibility index (Phi) is 6.08. The number of rotatable bonds is 4. The first-order valence-electron chi connectivity index (χ1n) is 6.91. The minimum Gasteiger partial charge on any atom is -0.481 e. The van der Waals surface area contributed by atoms with Gasteiger partial charge in [-0.05, 0) is 33.9 Å². The van der Waals surface area contributed by atoms with Crippen molar-refractivity contribution < 1.29 is 14.7 Å². The third-order valence-corrected chi connectivity index (χ3v) is 3.54. The summed E-state index contributed by atoms with van der Waals surface area (Å²) in [6, 6.07) is 0.130. The fourth-order valence-corrected chi connectivity index (χ4v) is 2.46. The molecule has 0 aromatic heterocycles. The molecule has 1 fully saturated rings. The van der Waals surface area contributed by atoms with Gasteiger partial charge in [0.05, 0.1) is 6.42 Å². The van der Waals surface area contributed by atoms with Crippen LogP contribution >= 0.6 is 0 Å². The molecule has 0 bridgehead atoms. The van der Waals surface area contributed by atoms with Crippen LogP contribution in [0.15, 0.2) is 0 Å². The fourth-order valence-electron chi connectivity index (χ4n) is 2.46. The van der Waals surface area contributed by atoms with Crippen LogP contribution in [-0.4, -0.2) is 77.6 Å². The highest BCUT2D eigenvalue weighted by molar-refractivity contribution is 5.75. The first kappa shape index (κ1) is 15.8. The Balaban J connectivity index is 2.64. The van der Waals surface area contributed by atoms with E-state index in [2.05, 4.69) is 11.9 Å². The molecule has 2 amide bonds. The summed E-state index contributed by atoms with van der Waals surface area (Å²) in [7, 11) is 2.06. The first-order valence-corrected chi connectivity index (χ1v) is 6.91. The lowest BCUT2D eigenvalue weighted by Gasteiger charge is -2.33. The first-order chi connectivity index (χ1) is 8.95. The van der Waals surface area contributed by atoms with E-state index in [0.29, 0.717) is 6.54 Å². The van der Waals surface area contributed by atoms with Gasteiger partial charge in [0, 0.05) is 32.2 Å². The van der Waals surface area contributed by atoms with E-state index in [1.807, 2.05) is 18.7 Å². The summed E-state index contributed by atoms with van der Waals surface area (Å²) in [6.07, 6.45) is 0.963. The second-order valence-electron chi connectivity index (χ2n) is 5.16. The Morgan fingerprint density at radius 2 is 2.05 bits per heavy atom. The monoisotopic (exact) mass is 271 g/mol. The average Bonchev–Trinajstić information content (AvgIpc) is 2.50. The van der Waals surface area contributed by atoms with E-state index < -0.39 is 5.97 Å². The molecule has 6 nitrogen and oxygen atoms in total. The number of hydrogen-bond donors (Lipinski definition) is 1. The molecule has 1 unspecified atom stereocenters. The van der Waals surface area contributed by atoms with Crippen molar-refractivity contribution in [2.24, 2.45) is 0 Å². The standard InChI is InChI=1S/C13H25N3O3/c1-4-15(9-6-12(17)18)13(19)16-8-5-7-14(3)10-11(16)2/h11H,4-10H2,1-3H3,(H,17,18). The van der Waals surface area contributed by atoms with Crippen LogP contribution in [0.4, 0.5) is 4.79 Å². The molecule has 6 heteroatoms. The Hall–Kier alpha value is -1.30. The topological polar surface area (TPSA) is 64.1 Å². The predicted octanol–water partition coefficient (Wildman–Crippen LogP) is 0.929. The van der Waals surface area contributed by atoms with Crippen LogP contribution in [0.3, 0.4) is 0 Å². The zero-order valence-electron chi connectivity index (χ0n) is 12.1. The molecular formula is C13H25N3O3. The van der Waals surface area contributed by atoms with Gasteiger partial charge >= 0.3 is 12.0 Å². The lowest BCUT2D eigenvalue weighted by molar-refractivity contribution is -0.137. The predicted molar refractivity (Wildman–Crippen MR) is 73.2 cm³/mol. The molecule has 1 heterocycles. The zero-order chi connectivity index (χ0) is 14.4. The van der Waals surface area contributed by atoms with Crippen molar-refractivity contribution in [2.45, 2.75) is 32.7 Å². The molecule has 1 rings (SSSR count). The Morgan fingerprint density at radius 3 is 2.63 bits per heavy atom. The van der Waals surface area contributed by atoms with Crippen molar-refractivity contribution >= 4 is 12.0 Å². The van der Waals surface area contributed by atoms with E-state index in [0.717, 1.165) is 26.1 Å². The Morgan fingerprint density at radius 1 is 1.37 bits per heavy atom. The Labute approximate surface area is 115 Å². The highest BCUT2D eigenvalue weighted by Gasteiger charge is 2.27. The molecule has 0 spiro atoms. The molecule has 0 aromatic rings. The lowest BCUT2D eigenvalue weighted by Crippen LogP contribution is -2.49. The van der Waals surface area contributed by atoms with Crippen LogP contribution in [0, 0.1) is 0 Å². The highest BCUT2D eigenvalue weighted by atomic mass is 16.4. The summed E-state index contributed by atoms with van der Waals surface area (Å²) in [5, 5.41) is 8.72. The van der Waals surface area contributed by atoms with Crippen LogP contribution in [0.25, 0.3) is 0 Å². The summed E-state index contributed by atoms with van der Waals surface area (Å²) >= 11 is 0. The van der Waals surface area contributed by atoms with Crippen LogP contribution in [-0.2, 0) is 4.79 Å². The maximum atomic E-state index is 12.5. The number of carbonyl (C=O) groups excluding carboxylic acids is 1. The molecule has 19 heavy (non-hydrogen) atoms. The molecule has 1 N–H and O–H groups in total. The summed E-state index contributed by atoms with van der Waals surface area (Å²) in [5.74, 6) is -0.866. The van der Waals surface area contributed by atoms with Crippen molar-refractivity contribution in [3.63, 3.8) is 0 Å². The molecule has 0 saturated carbocycles. The molecule has 1 aliphatic heterocycles. The molecule has 0 aromatic carbocycles. The van der Waals surface area contributed by atoms with E-state index >= 15 is 0 Å². The molecular weight excluding hydrogens is 246 g/mol. The molecule has 1 atom stereocenters. The fraction of sp³-hybridized carbons (Fsp3) is 0.846. The summed E-state index contributed by atoms with van der Waals surface area (Å²) in [5.41, 5.74) is 0. The van der Waals surface area contributed by atoms with Gasteiger partial charge in [-0.15, -0.1) is 0 Å². The number of hydrogen-bond acceptors (Lipinski definition) is 3. The number of nitrogens with zero attached hydrogens (tertiary/aromatic N) is 3. The van der Waals surface area contributed by atoms with Gasteiger partial charge in [0.2, 0.25) is 0 Å². The quantitative estimate of drug-likeness (QED) is 0.826. The normalized spacial score (nSPS) is 21.0. The van der Waals surface area contributed by atoms with Gasteiger partial charge in [0.15, 0.2) is 0 Å². The van der Waals surface area contributed by atoms with Gasteiger partial charge in [-0.2, -0.15) is 0 Å². The van der Waals surface area contributed by atoms with E-state index in [1.54, 1.807) is 4.90 Å². The number of likely N-dealkylation sites (N-methyl/N-ethyl adjacent to an activating group) is 1. The van der Waals surface area contributed by atoms with Gasteiger partial charge in [-0.1, -0.05) is 0 Å². The largest absolute Gasteiger partial charge is 0.481 e. The van der Waals surface area contributed by atoms with Crippen molar-refractivity contribution in [2.75, 3.05) is 39.8 Å². The van der Waals surface area contributed by atoms with E-state index in [4.69, 9.17) is 5.11 Å². The van der Waals surface area contributed by atoms with Gasteiger partial charge in [0.1, 0.15) is 0 Å². The minimum absolute atomic E-state index is 0.00169. The molecule has 1 aliphatic rings. The summed E-state index contributed by atoms with van der Waals surface area (Å²) in [4.78, 5) is 28.8. The average molecular weight is 271 g/mol. The van der Waals surface area contributed by atoms with Crippen LogP contribution in [0.2, 0.25) is 0 Å². The van der Waals surface area contributed by atoms with Gasteiger partial charge in [0.25, 0.3) is 0 Å². The third-order valence-electron chi connectivity index (χ3n) is 3.54. The van der Waals surface area contributed by atoms with E-state index in [-0.39, 0.29) is 25.0 Å². The van der Waals surface area contributed by atoms with Crippen molar-refractivity contribution in [1.29, 1.82) is 0 Å². The summed E-state index contributed by atoms with van der Waals surface area (Å²) in [6.45, 7) is 7.36. The van der Waals surface area contributed by atoms with Gasteiger partial charge in [-0.3, -0.25) is 4.79 Å². The SMILES string of the molecule is CCN(CCC(=O)O)C(=O)N1CCCN(C)CC1C. The third kappa shape index (κ3) is 4.70. The number of aliphatic carboxylic acids is 1. The molecule has 0 aliphatic carbocycles. The van der Waals surface area contributed by atoms with Crippen LogP contribution in [0.1, 0.15) is 26.7 Å². The van der Waals surface area contributed by atoms with Crippen molar-refractivity contribution in [3.05, 3.63) is 0 Å². The number of carboxylic acid groups (broad SMARTS) is 1.